The van der Waals surface area contributed by atoms with Crippen LogP contribution < -0.4 is 15.4 Å². The average Bonchev–Trinajstić information content (AvgIpc) is 2.94. The number of amides is 1. The second-order valence-electron chi connectivity index (χ2n) is 5.95. The smallest absolute Gasteiger partial charge is 0.238 e. The first-order valence-corrected chi connectivity index (χ1v) is 8.96. The van der Waals surface area contributed by atoms with Crippen molar-refractivity contribution in [1.29, 1.82) is 0 Å². The molecule has 1 aliphatic heterocycles. The molecule has 1 amide bonds. The van der Waals surface area contributed by atoms with Crippen LogP contribution in [0.1, 0.15) is 0 Å². The molecule has 0 spiro atoms. The topological polar surface area (TPSA) is 71.4 Å². The predicted octanol–water partition coefficient (Wildman–Crippen LogP) is 1.70. The van der Waals surface area contributed by atoms with Gasteiger partial charge in [0.05, 0.1) is 30.0 Å². The third kappa shape index (κ3) is 4.20. The zero-order chi connectivity index (χ0) is 17.8. The van der Waals surface area contributed by atoms with Gasteiger partial charge in [-0.3, -0.25) is 14.4 Å². The van der Waals surface area contributed by atoms with Gasteiger partial charge in [0.2, 0.25) is 5.91 Å². The van der Waals surface area contributed by atoms with E-state index in [1.54, 1.807) is 18.0 Å². The summed E-state index contributed by atoms with van der Waals surface area (Å²) in [4.78, 5) is 14.5. The van der Waals surface area contributed by atoms with Gasteiger partial charge in [-0.15, -0.1) is 0 Å². The van der Waals surface area contributed by atoms with Gasteiger partial charge in [0.15, 0.2) is 0 Å². The van der Waals surface area contributed by atoms with E-state index in [1.807, 2.05) is 25.2 Å². The summed E-state index contributed by atoms with van der Waals surface area (Å²) in [6, 6.07) is 5.62. The van der Waals surface area contributed by atoms with Crippen LogP contribution in [0.3, 0.4) is 0 Å². The molecule has 1 fully saturated rings. The van der Waals surface area contributed by atoms with Crippen LogP contribution in [-0.4, -0.2) is 60.4 Å². The van der Waals surface area contributed by atoms with Crippen LogP contribution in [0.4, 0.5) is 5.69 Å². The minimum absolute atomic E-state index is 0.0120. The van der Waals surface area contributed by atoms with Crippen molar-refractivity contribution in [3.63, 3.8) is 0 Å². The minimum atomic E-state index is -0.0120. The molecule has 2 heterocycles. The van der Waals surface area contributed by atoms with Gasteiger partial charge in [0, 0.05) is 44.5 Å². The summed E-state index contributed by atoms with van der Waals surface area (Å²) in [6.07, 6.45) is 1.74. The molecule has 7 nitrogen and oxygen atoms in total. The number of piperazine rings is 1. The Hall–Kier alpha value is -1.90. The first-order chi connectivity index (χ1) is 12.1. The van der Waals surface area contributed by atoms with Crippen molar-refractivity contribution in [2.45, 2.75) is 0 Å². The normalized spacial score (nSPS) is 15.2. The molecule has 0 atom stereocenters. The van der Waals surface area contributed by atoms with E-state index in [9.17, 15) is 4.79 Å². The molecule has 0 bridgehead atoms. The monoisotopic (exact) mass is 407 g/mol. The zero-order valence-corrected chi connectivity index (χ0v) is 16.0. The predicted molar refractivity (Wildman–Crippen MR) is 101 cm³/mol. The van der Waals surface area contributed by atoms with Crippen LogP contribution in [0.15, 0.2) is 28.9 Å². The Morgan fingerprint density at radius 3 is 2.80 bits per heavy atom. The number of aryl methyl sites for hydroxylation is 1. The number of ether oxygens (including phenoxy) is 1. The molecule has 2 aromatic rings. The lowest BCUT2D eigenvalue weighted by atomic mass is 10.1. The minimum Gasteiger partial charge on any atom is -0.496 e. The maximum Gasteiger partial charge on any atom is 0.238 e. The summed E-state index contributed by atoms with van der Waals surface area (Å²) in [7, 11) is 3.50. The number of hydrogen-bond acceptors (Lipinski definition) is 5. The second-order valence-corrected chi connectivity index (χ2v) is 6.81. The number of carbonyl (C=O) groups is 1. The molecule has 1 saturated heterocycles. The van der Waals surface area contributed by atoms with E-state index in [0.717, 1.165) is 53.3 Å². The Bertz CT molecular complexity index is 736. The molecule has 8 heteroatoms. The van der Waals surface area contributed by atoms with Crippen LogP contribution in [0.2, 0.25) is 0 Å². The Balaban J connectivity index is 1.78. The van der Waals surface area contributed by atoms with Crippen molar-refractivity contribution in [2.24, 2.45) is 7.05 Å². The lowest BCUT2D eigenvalue weighted by Crippen LogP contribution is -2.46. The third-order valence-electron chi connectivity index (χ3n) is 4.21. The first kappa shape index (κ1) is 17.9. The van der Waals surface area contributed by atoms with Gasteiger partial charge in [0.1, 0.15) is 5.75 Å². The fraction of sp³-hybridized carbons (Fsp3) is 0.412. The number of aromatic nitrogens is 2. The Morgan fingerprint density at radius 2 is 2.16 bits per heavy atom. The van der Waals surface area contributed by atoms with Crippen molar-refractivity contribution in [3.05, 3.63) is 28.9 Å². The average molecular weight is 408 g/mol. The molecule has 1 aliphatic rings. The number of anilines is 1. The molecule has 0 aliphatic carbocycles. The number of benzene rings is 1. The molecule has 0 unspecified atom stereocenters. The van der Waals surface area contributed by atoms with Crippen molar-refractivity contribution in [1.82, 2.24) is 20.0 Å². The summed E-state index contributed by atoms with van der Waals surface area (Å²) < 4.78 is 8.12. The van der Waals surface area contributed by atoms with E-state index in [4.69, 9.17) is 4.74 Å². The van der Waals surface area contributed by atoms with Crippen molar-refractivity contribution in [3.8, 4) is 17.0 Å². The number of rotatable bonds is 5. The van der Waals surface area contributed by atoms with Gasteiger partial charge in [-0.25, -0.2) is 0 Å². The Morgan fingerprint density at radius 1 is 1.40 bits per heavy atom. The van der Waals surface area contributed by atoms with Crippen LogP contribution in [0.5, 0.6) is 5.75 Å². The summed E-state index contributed by atoms with van der Waals surface area (Å²) in [5.74, 6) is 0.714. The lowest BCUT2D eigenvalue weighted by Gasteiger charge is -2.26. The summed E-state index contributed by atoms with van der Waals surface area (Å²) >= 11 is 3.52. The van der Waals surface area contributed by atoms with Crippen LogP contribution in [0.25, 0.3) is 11.3 Å². The zero-order valence-electron chi connectivity index (χ0n) is 14.4. The summed E-state index contributed by atoms with van der Waals surface area (Å²) in [5, 5.41) is 10.5. The Kier molecular flexibility index (Phi) is 5.72. The molecule has 0 radical (unpaired) electrons. The molecule has 1 aromatic carbocycles. The van der Waals surface area contributed by atoms with E-state index >= 15 is 0 Å². The third-order valence-corrected chi connectivity index (χ3v) is 4.79. The van der Waals surface area contributed by atoms with E-state index in [2.05, 4.69) is 36.6 Å². The molecule has 134 valence electrons. The van der Waals surface area contributed by atoms with Crippen molar-refractivity contribution in [2.75, 3.05) is 45.2 Å². The highest BCUT2D eigenvalue weighted by Crippen LogP contribution is 2.36. The van der Waals surface area contributed by atoms with Gasteiger partial charge in [-0.2, -0.15) is 5.10 Å². The van der Waals surface area contributed by atoms with Gasteiger partial charge < -0.3 is 15.4 Å². The fourth-order valence-corrected chi connectivity index (χ4v) is 3.52. The highest BCUT2D eigenvalue weighted by atomic mass is 79.9. The molecular weight excluding hydrogens is 386 g/mol. The molecule has 3 rings (SSSR count). The summed E-state index contributed by atoms with van der Waals surface area (Å²) in [6.45, 7) is 4.04. The second kappa shape index (κ2) is 7.99. The molecule has 2 N–H and O–H groups in total. The van der Waals surface area contributed by atoms with E-state index < -0.39 is 0 Å². The van der Waals surface area contributed by atoms with Crippen molar-refractivity contribution < 1.29 is 9.53 Å². The number of nitrogens with one attached hydrogen (secondary N) is 2. The maximum absolute atomic E-state index is 12.3. The number of methoxy groups -OCH3 is 1. The van der Waals surface area contributed by atoms with E-state index in [-0.39, 0.29) is 5.91 Å². The van der Waals surface area contributed by atoms with E-state index in [0.29, 0.717) is 6.54 Å². The molecular formula is C17H22BrN5O2. The highest BCUT2D eigenvalue weighted by Gasteiger charge is 2.17. The molecule has 0 saturated carbocycles. The maximum atomic E-state index is 12.3. The van der Waals surface area contributed by atoms with Gasteiger partial charge >= 0.3 is 0 Å². The number of nitrogens with zero attached hydrogens (tertiary/aromatic N) is 3. The molecule has 25 heavy (non-hydrogen) atoms. The summed E-state index contributed by atoms with van der Waals surface area (Å²) in [5.41, 5.74) is 2.51. The van der Waals surface area contributed by atoms with Crippen molar-refractivity contribution >= 4 is 27.5 Å². The van der Waals surface area contributed by atoms with E-state index in [1.165, 1.54) is 0 Å². The van der Waals surface area contributed by atoms with Gasteiger partial charge in [0.25, 0.3) is 0 Å². The van der Waals surface area contributed by atoms with Gasteiger partial charge in [-0.1, -0.05) is 0 Å². The number of halogens is 1. The lowest BCUT2D eigenvalue weighted by molar-refractivity contribution is -0.117. The van der Waals surface area contributed by atoms with Gasteiger partial charge in [-0.05, 0) is 34.1 Å². The van der Waals surface area contributed by atoms with Crippen LogP contribution in [0, 0.1) is 0 Å². The molecule has 1 aromatic heterocycles. The van der Waals surface area contributed by atoms with Crippen LogP contribution in [-0.2, 0) is 11.8 Å². The fourth-order valence-electron chi connectivity index (χ4n) is 2.96. The standard InChI is InChI=1S/C17H22BrN5O2/c1-22-17(14(18)10-20-22)13-9-12(3-4-15(13)25-2)21-16(24)11-23-7-5-19-6-8-23/h3-4,9-10,19H,5-8,11H2,1-2H3,(H,21,24). The largest absolute Gasteiger partial charge is 0.496 e. The first-order valence-electron chi connectivity index (χ1n) is 8.17. The Labute approximate surface area is 155 Å². The number of carbonyl (C=O) groups excluding carboxylic acids is 1. The quantitative estimate of drug-likeness (QED) is 0.788. The number of hydrogen-bond donors (Lipinski definition) is 2. The SMILES string of the molecule is COc1ccc(NC(=O)CN2CCNCC2)cc1-c1c(Br)cnn1C. The van der Waals surface area contributed by atoms with Crippen LogP contribution >= 0.6 is 15.9 Å². The highest BCUT2D eigenvalue weighted by molar-refractivity contribution is 9.10.